The van der Waals surface area contributed by atoms with Crippen molar-refractivity contribution in [1.29, 1.82) is 0 Å². The first kappa shape index (κ1) is 9.59. The highest BCUT2D eigenvalue weighted by molar-refractivity contribution is 7.23. The van der Waals surface area contributed by atoms with Gasteiger partial charge in [-0.05, 0) is 18.6 Å². The number of benzene rings is 1. The van der Waals surface area contributed by atoms with E-state index in [2.05, 4.69) is 39.0 Å². The van der Waals surface area contributed by atoms with Gasteiger partial charge in [0.05, 0.1) is 10.2 Å². The van der Waals surface area contributed by atoms with E-state index in [9.17, 15) is 0 Å². The van der Waals surface area contributed by atoms with Crippen molar-refractivity contribution in [3.63, 3.8) is 0 Å². The lowest BCUT2D eigenvalue weighted by Gasteiger charge is -2.00. The van der Waals surface area contributed by atoms with Crippen molar-refractivity contribution in [2.45, 2.75) is 13.3 Å². The Morgan fingerprint density at radius 3 is 3.06 bits per heavy atom. The number of para-hydroxylation sites is 1. The largest absolute Gasteiger partial charge is 0.354 e. The Morgan fingerprint density at radius 2 is 2.19 bits per heavy atom. The zero-order valence-electron chi connectivity index (χ0n) is 8.97. The van der Waals surface area contributed by atoms with Crippen molar-refractivity contribution >= 4 is 32.5 Å². The van der Waals surface area contributed by atoms with Crippen LogP contribution in [-0.4, -0.2) is 21.1 Å². The molecule has 0 radical (unpaired) electrons. The van der Waals surface area contributed by atoms with Gasteiger partial charge in [-0.15, -0.1) is 10.2 Å². The molecule has 0 aliphatic heterocycles. The van der Waals surface area contributed by atoms with Crippen molar-refractivity contribution in [1.82, 2.24) is 14.6 Å². The Morgan fingerprint density at radius 1 is 1.31 bits per heavy atom. The Hall–Kier alpha value is -1.62. The first-order chi connectivity index (χ1) is 7.90. The summed E-state index contributed by atoms with van der Waals surface area (Å²) in [5.41, 5.74) is 1.17. The molecule has 0 atom stereocenters. The molecular weight excluding hydrogens is 220 g/mol. The second-order valence-corrected chi connectivity index (χ2v) is 4.65. The van der Waals surface area contributed by atoms with Crippen molar-refractivity contribution in [3.8, 4) is 0 Å². The average Bonchev–Trinajstić information content (AvgIpc) is 2.85. The van der Waals surface area contributed by atoms with Gasteiger partial charge in [-0.3, -0.25) is 4.40 Å². The lowest BCUT2D eigenvalue weighted by atomic mass is 10.3. The monoisotopic (exact) mass is 232 g/mol. The van der Waals surface area contributed by atoms with E-state index in [0.717, 1.165) is 23.9 Å². The summed E-state index contributed by atoms with van der Waals surface area (Å²) in [5.74, 6) is 0.842. The van der Waals surface area contributed by atoms with E-state index in [-0.39, 0.29) is 0 Å². The van der Waals surface area contributed by atoms with Gasteiger partial charge < -0.3 is 5.32 Å². The Kier molecular flexibility index (Phi) is 2.25. The van der Waals surface area contributed by atoms with Gasteiger partial charge in [0.1, 0.15) is 0 Å². The lowest BCUT2D eigenvalue weighted by Crippen LogP contribution is -2.03. The van der Waals surface area contributed by atoms with Crippen LogP contribution in [-0.2, 0) is 0 Å². The SMILES string of the molecule is CCCNc1nnc2sc3ccccc3n12. The molecule has 16 heavy (non-hydrogen) atoms. The minimum absolute atomic E-state index is 0.842. The molecule has 0 fully saturated rings. The van der Waals surface area contributed by atoms with Gasteiger partial charge >= 0.3 is 0 Å². The van der Waals surface area contributed by atoms with Crippen molar-refractivity contribution in [2.24, 2.45) is 0 Å². The molecule has 1 aromatic carbocycles. The number of anilines is 1. The van der Waals surface area contributed by atoms with Crippen molar-refractivity contribution < 1.29 is 0 Å². The lowest BCUT2D eigenvalue weighted by molar-refractivity contribution is 0.948. The third kappa shape index (κ3) is 1.36. The number of rotatable bonds is 3. The van der Waals surface area contributed by atoms with Crippen molar-refractivity contribution in [2.75, 3.05) is 11.9 Å². The zero-order valence-corrected chi connectivity index (χ0v) is 9.79. The Bertz CT molecular complexity index is 625. The molecule has 3 aromatic rings. The Balaban J connectivity index is 2.22. The first-order valence-electron chi connectivity index (χ1n) is 5.36. The summed E-state index contributed by atoms with van der Waals surface area (Å²) in [6, 6.07) is 8.29. The van der Waals surface area contributed by atoms with E-state index < -0.39 is 0 Å². The highest BCUT2D eigenvalue weighted by Crippen LogP contribution is 2.27. The number of thiazole rings is 1. The molecule has 0 amide bonds. The zero-order chi connectivity index (χ0) is 11.0. The van der Waals surface area contributed by atoms with Gasteiger partial charge in [0.25, 0.3) is 0 Å². The second kappa shape index (κ2) is 3.75. The summed E-state index contributed by atoms with van der Waals surface area (Å²) < 4.78 is 3.32. The fourth-order valence-electron chi connectivity index (χ4n) is 1.73. The maximum Gasteiger partial charge on any atom is 0.230 e. The third-order valence-corrected chi connectivity index (χ3v) is 3.49. The number of hydrogen-bond donors (Lipinski definition) is 1. The van der Waals surface area contributed by atoms with Crippen LogP contribution in [0, 0.1) is 0 Å². The van der Waals surface area contributed by atoms with Crippen LogP contribution in [0.4, 0.5) is 5.95 Å². The minimum atomic E-state index is 0.842. The minimum Gasteiger partial charge on any atom is -0.354 e. The van der Waals surface area contributed by atoms with Gasteiger partial charge in [0, 0.05) is 6.54 Å². The summed E-state index contributed by atoms with van der Waals surface area (Å²) >= 11 is 1.67. The van der Waals surface area contributed by atoms with Gasteiger partial charge in [-0.1, -0.05) is 30.4 Å². The molecule has 2 aromatic heterocycles. The van der Waals surface area contributed by atoms with Gasteiger partial charge in [0.2, 0.25) is 10.9 Å². The van der Waals surface area contributed by atoms with Crippen LogP contribution < -0.4 is 5.32 Å². The highest BCUT2D eigenvalue weighted by atomic mass is 32.1. The highest BCUT2D eigenvalue weighted by Gasteiger charge is 2.10. The maximum atomic E-state index is 4.18. The van der Waals surface area contributed by atoms with Crippen LogP contribution in [0.15, 0.2) is 24.3 Å². The van der Waals surface area contributed by atoms with E-state index in [1.165, 1.54) is 10.2 Å². The third-order valence-electron chi connectivity index (χ3n) is 2.47. The predicted molar refractivity (Wildman–Crippen MR) is 67.2 cm³/mol. The van der Waals surface area contributed by atoms with E-state index in [1.54, 1.807) is 11.3 Å². The number of nitrogens with one attached hydrogen (secondary N) is 1. The molecule has 4 nitrogen and oxygen atoms in total. The molecular formula is C11H12N4S. The number of fused-ring (bicyclic) bond motifs is 3. The molecule has 3 rings (SSSR count). The van der Waals surface area contributed by atoms with E-state index in [0.29, 0.717) is 0 Å². The molecule has 5 heteroatoms. The molecule has 0 unspecified atom stereocenters. The number of nitrogens with zero attached hydrogens (tertiary/aromatic N) is 3. The molecule has 1 N–H and O–H groups in total. The fourth-order valence-corrected chi connectivity index (χ4v) is 2.70. The molecule has 2 heterocycles. The van der Waals surface area contributed by atoms with Crippen LogP contribution in [0.5, 0.6) is 0 Å². The van der Waals surface area contributed by atoms with Crippen molar-refractivity contribution in [3.05, 3.63) is 24.3 Å². The van der Waals surface area contributed by atoms with Crippen LogP contribution in [0.3, 0.4) is 0 Å². The van der Waals surface area contributed by atoms with Gasteiger partial charge in [0.15, 0.2) is 0 Å². The smallest absolute Gasteiger partial charge is 0.230 e. The molecule has 0 saturated heterocycles. The van der Waals surface area contributed by atoms with E-state index in [1.807, 2.05) is 12.1 Å². The quantitative estimate of drug-likeness (QED) is 0.755. The summed E-state index contributed by atoms with van der Waals surface area (Å²) in [6.45, 7) is 3.06. The number of hydrogen-bond acceptors (Lipinski definition) is 4. The summed E-state index contributed by atoms with van der Waals surface area (Å²) in [7, 11) is 0. The van der Waals surface area contributed by atoms with Crippen LogP contribution in [0.2, 0.25) is 0 Å². The van der Waals surface area contributed by atoms with Gasteiger partial charge in [-0.25, -0.2) is 0 Å². The maximum absolute atomic E-state index is 4.18. The van der Waals surface area contributed by atoms with Crippen LogP contribution in [0.25, 0.3) is 15.2 Å². The molecule has 82 valence electrons. The molecule has 0 saturated carbocycles. The molecule has 0 aliphatic rings. The summed E-state index contributed by atoms with van der Waals surface area (Å²) in [5, 5.41) is 11.6. The standard InChI is InChI=1S/C11H12N4S/c1-2-7-12-10-13-14-11-15(10)8-5-3-4-6-9(8)16-11/h3-6H,2,7H2,1H3,(H,12,13). The predicted octanol–water partition coefficient (Wildman–Crippen LogP) is 2.77. The van der Waals surface area contributed by atoms with E-state index >= 15 is 0 Å². The fraction of sp³-hybridized carbons (Fsp3) is 0.273. The topological polar surface area (TPSA) is 42.2 Å². The summed E-state index contributed by atoms with van der Waals surface area (Å²) in [4.78, 5) is 0.944. The molecule has 0 spiro atoms. The Labute approximate surface area is 96.9 Å². The van der Waals surface area contributed by atoms with Crippen LogP contribution >= 0.6 is 11.3 Å². The number of aromatic nitrogens is 3. The van der Waals surface area contributed by atoms with Gasteiger partial charge in [-0.2, -0.15) is 0 Å². The summed E-state index contributed by atoms with van der Waals surface area (Å²) in [6.07, 6.45) is 1.08. The normalized spacial score (nSPS) is 11.3. The second-order valence-electron chi connectivity index (χ2n) is 3.64. The molecule has 0 bridgehead atoms. The van der Waals surface area contributed by atoms with Crippen LogP contribution in [0.1, 0.15) is 13.3 Å². The van der Waals surface area contributed by atoms with E-state index in [4.69, 9.17) is 0 Å². The average molecular weight is 232 g/mol. The first-order valence-corrected chi connectivity index (χ1v) is 6.18. The molecule has 0 aliphatic carbocycles.